The Bertz CT molecular complexity index is 870. The van der Waals surface area contributed by atoms with Crippen molar-refractivity contribution in [1.29, 1.82) is 0 Å². The van der Waals surface area contributed by atoms with Gasteiger partial charge in [-0.3, -0.25) is 4.79 Å². The quantitative estimate of drug-likeness (QED) is 0.451. The average molecular weight is 371 g/mol. The van der Waals surface area contributed by atoms with E-state index < -0.39 is 5.97 Å². The first-order valence-electron chi connectivity index (χ1n) is 7.74. The predicted octanol–water partition coefficient (Wildman–Crippen LogP) is 5.03. The van der Waals surface area contributed by atoms with Crippen molar-refractivity contribution in [3.05, 3.63) is 92.6 Å². The summed E-state index contributed by atoms with van der Waals surface area (Å²) in [6.07, 6.45) is 0.587. The summed E-state index contributed by atoms with van der Waals surface area (Å²) in [6, 6.07) is 17.7. The number of carbonyl (C=O) groups excluding carboxylic acids is 2. The predicted molar refractivity (Wildman–Crippen MR) is 99.6 cm³/mol. The minimum atomic E-state index is -0.491. The number of hydrogen-bond donors (Lipinski definition) is 0. The second kappa shape index (κ2) is 8.10. The van der Waals surface area contributed by atoms with Crippen LogP contribution in [0.2, 0.25) is 5.02 Å². The standard InChI is InChI=1S/C20H15ClO3S/c21-15-9-7-14(8-10-15)11-12-24-20(23)17-5-2-1-4-16(17)19(22)18-6-3-13-25-18/h1-10,13H,11-12H2. The second-order valence-electron chi connectivity index (χ2n) is 5.36. The zero-order chi connectivity index (χ0) is 17.6. The molecule has 1 heterocycles. The minimum absolute atomic E-state index is 0.166. The first-order chi connectivity index (χ1) is 12.1. The third-order valence-corrected chi connectivity index (χ3v) is 4.79. The molecule has 5 heteroatoms. The van der Waals surface area contributed by atoms with E-state index in [1.807, 2.05) is 23.6 Å². The van der Waals surface area contributed by atoms with E-state index in [0.29, 0.717) is 21.9 Å². The molecule has 0 spiro atoms. The van der Waals surface area contributed by atoms with Gasteiger partial charge in [-0.05, 0) is 35.2 Å². The van der Waals surface area contributed by atoms with E-state index in [-0.39, 0.29) is 18.0 Å². The first-order valence-corrected chi connectivity index (χ1v) is 9.00. The van der Waals surface area contributed by atoms with Gasteiger partial charge in [0, 0.05) is 17.0 Å². The number of carbonyl (C=O) groups is 2. The summed E-state index contributed by atoms with van der Waals surface area (Å²) in [5.74, 6) is -0.658. The number of hydrogen-bond acceptors (Lipinski definition) is 4. The smallest absolute Gasteiger partial charge is 0.338 e. The first kappa shape index (κ1) is 17.4. The number of ether oxygens (including phenoxy) is 1. The summed E-state index contributed by atoms with van der Waals surface area (Å²) < 4.78 is 5.35. The number of rotatable bonds is 6. The van der Waals surface area contributed by atoms with E-state index in [2.05, 4.69) is 0 Å². The monoisotopic (exact) mass is 370 g/mol. The van der Waals surface area contributed by atoms with E-state index in [9.17, 15) is 9.59 Å². The van der Waals surface area contributed by atoms with Crippen LogP contribution in [0.15, 0.2) is 66.0 Å². The Labute approximate surface area is 154 Å². The van der Waals surface area contributed by atoms with Crippen LogP contribution in [0.3, 0.4) is 0 Å². The second-order valence-corrected chi connectivity index (χ2v) is 6.75. The fourth-order valence-corrected chi connectivity index (χ4v) is 3.19. The molecule has 0 N–H and O–H groups in total. The van der Waals surface area contributed by atoms with Crippen LogP contribution in [0.1, 0.15) is 31.2 Å². The summed E-state index contributed by atoms with van der Waals surface area (Å²) in [5.41, 5.74) is 1.68. The van der Waals surface area contributed by atoms with Gasteiger partial charge in [0.1, 0.15) is 0 Å². The molecule has 3 rings (SSSR count). The van der Waals surface area contributed by atoms with Crippen molar-refractivity contribution in [1.82, 2.24) is 0 Å². The molecule has 0 saturated heterocycles. The third kappa shape index (κ3) is 4.35. The van der Waals surface area contributed by atoms with Gasteiger partial charge in [0.15, 0.2) is 0 Å². The van der Waals surface area contributed by atoms with E-state index in [4.69, 9.17) is 16.3 Å². The lowest BCUT2D eigenvalue weighted by atomic mass is 10.0. The fraction of sp³-hybridized carbons (Fsp3) is 0.100. The SMILES string of the molecule is O=C(OCCc1ccc(Cl)cc1)c1ccccc1C(=O)c1cccs1. The van der Waals surface area contributed by atoms with Crippen molar-refractivity contribution in [3.63, 3.8) is 0 Å². The highest BCUT2D eigenvalue weighted by Gasteiger charge is 2.19. The molecule has 0 fully saturated rings. The van der Waals surface area contributed by atoms with Crippen molar-refractivity contribution in [2.45, 2.75) is 6.42 Å². The van der Waals surface area contributed by atoms with Crippen molar-refractivity contribution in [2.75, 3.05) is 6.61 Å². The van der Waals surface area contributed by atoms with Crippen LogP contribution in [0.25, 0.3) is 0 Å². The van der Waals surface area contributed by atoms with E-state index in [1.54, 1.807) is 42.5 Å². The summed E-state index contributed by atoms with van der Waals surface area (Å²) in [5, 5.41) is 2.50. The van der Waals surface area contributed by atoms with Crippen LogP contribution in [0.4, 0.5) is 0 Å². The Hall–Kier alpha value is -2.43. The molecule has 3 aromatic rings. The highest BCUT2D eigenvalue weighted by molar-refractivity contribution is 7.12. The molecule has 1 aromatic heterocycles. The normalized spacial score (nSPS) is 10.4. The molecule has 0 atom stereocenters. The van der Waals surface area contributed by atoms with Gasteiger partial charge in [-0.15, -0.1) is 11.3 Å². The Morgan fingerprint density at radius 3 is 2.32 bits per heavy atom. The van der Waals surface area contributed by atoms with E-state index in [1.165, 1.54) is 11.3 Å². The lowest BCUT2D eigenvalue weighted by Crippen LogP contribution is -2.13. The zero-order valence-corrected chi connectivity index (χ0v) is 14.8. The molecule has 0 saturated carbocycles. The molecular formula is C20H15ClO3S. The van der Waals surface area contributed by atoms with Gasteiger partial charge in [-0.1, -0.05) is 48.0 Å². The third-order valence-electron chi connectivity index (χ3n) is 3.67. The number of ketones is 1. The number of thiophene rings is 1. The molecule has 0 radical (unpaired) electrons. The molecule has 25 heavy (non-hydrogen) atoms. The Balaban J connectivity index is 1.68. The molecule has 0 bridgehead atoms. The van der Waals surface area contributed by atoms with Gasteiger partial charge >= 0.3 is 5.97 Å². The van der Waals surface area contributed by atoms with Gasteiger partial charge in [0.05, 0.1) is 17.0 Å². The Morgan fingerprint density at radius 1 is 0.920 bits per heavy atom. The summed E-state index contributed by atoms with van der Waals surface area (Å²) in [7, 11) is 0. The maximum absolute atomic E-state index is 12.6. The molecule has 126 valence electrons. The molecule has 0 aliphatic carbocycles. The van der Waals surface area contributed by atoms with Crippen molar-refractivity contribution < 1.29 is 14.3 Å². The Kier molecular flexibility index (Phi) is 5.64. The largest absolute Gasteiger partial charge is 0.462 e. The highest BCUT2D eigenvalue weighted by atomic mass is 35.5. The molecule has 0 aliphatic heterocycles. The average Bonchev–Trinajstić information content (AvgIpc) is 3.17. The molecule has 3 nitrogen and oxygen atoms in total. The molecule has 0 unspecified atom stereocenters. The maximum Gasteiger partial charge on any atom is 0.338 e. The lowest BCUT2D eigenvalue weighted by Gasteiger charge is -2.08. The van der Waals surface area contributed by atoms with Gasteiger partial charge < -0.3 is 4.74 Å². The molecule has 2 aromatic carbocycles. The minimum Gasteiger partial charge on any atom is -0.462 e. The number of esters is 1. The van der Waals surface area contributed by atoms with Crippen LogP contribution in [0.5, 0.6) is 0 Å². The van der Waals surface area contributed by atoms with Crippen LogP contribution in [-0.4, -0.2) is 18.4 Å². The van der Waals surface area contributed by atoms with E-state index in [0.717, 1.165) is 5.56 Å². The fourth-order valence-electron chi connectivity index (χ4n) is 2.39. The topological polar surface area (TPSA) is 43.4 Å². The molecule has 0 amide bonds. The van der Waals surface area contributed by atoms with Crippen molar-refractivity contribution >= 4 is 34.7 Å². The van der Waals surface area contributed by atoms with E-state index >= 15 is 0 Å². The van der Waals surface area contributed by atoms with Crippen molar-refractivity contribution in [3.8, 4) is 0 Å². The lowest BCUT2D eigenvalue weighted by molar-refractivity contribution is 0.0506. The van der Waals surface area contributed by atoms with Gasteiger partial charge in [0.2, 0.25) is 5.78 Å². The summed E-state index contributed by atoms with van der Waals surface area (Å²) in [6.45, 7) is 0.238. The van der Waals surface area contributed by atoms with Crippen LogP contribution < -0.4 is 0 Å². The van der Waals surface area contributed by atoms with Gasteiger partial charge in [0.25, 0.3) is 0 Å². The van der Waals surface area contributed by atoms with Crippen LogP contribution in [0, 0.1) is 0 Å². The van der Waals surface area contributed by atoms with Gasteiger partial charge in [-0.25, -0.2) is 4.79 Å². The van der Waals surface area contributed by atoms with Crippen molar-refractivity contribution in [2.24, 2.45) is 0 Å². The summed E-state index contributed by atoms with van der Waals surface area (Å²) in [4.78, 5) is 25.5. The zero-order valence-electron chi connectivity index (χ0n) is 13.3. The summed E-state index contributed by atoms with van der Waals surface area (Å²) >= 11 is 7.20. The van der Waals surface area contributed by atoms with Crippen LogP contribution >= 0.6 is 22.9 Å². The Morgan fingerprint density at radius 2 is 1.64 bits per heavy atom. The van der Waals surface area contributed by atoms with Gasteiger partial charge in [-0.2, -0.15) is 0 Å². The number of halogens is 1. The molecular weight excluding hydrogens is 356 g/mol. The number of benzene rings is 2. The maximum atomic E-state index is 12.6. The van der Waals surface area contributed by atoms with Crippen LogP contribution in [-0.2, 0) is 11.2 Å². The highest BCUT2D eigenvalue weighted by Crippen LogP contribution is 2.19. The molecule has 0 aliphatic rings.